The minimum Gasteiger partial charge on any atom is -0.366 e. The number of benzene rings is 1. The zero-order chi connectivity index (χ0) is 13.2. The predicted octanol–water partition coefficient (Wildman–Crippen LogP) is 0.600. The van der Waals surface area contributed by atoms with Crippen molar-refractivity contribution in [2.24, 2.45) is 11.5 Å². The molecule has 1 rings (SSSR count). The van der Waals surface area contributed by atoms with Gasteiger partial charge in [0.1, 0.15) is 5.82 Å². The fraction of sp³-hybridized carbons (Fsp3) is 0.273. The highest BCUT2D eigenvalue weighted by atomic mass is 19.1. The lowest BCUT2D eigenvalue weighted by molar-refractivity contribution is -0.120. The lowest BCUT2D eigenvalue weighted by Gasteiger charge is -2.18. The van der Waals surface area contributed by atoms with E-state index < -0.39 is 23.2 Å². The summed E-state index contributed by atoms with van der Waals surface area (Å²) in [4.78, 5) is 22.5. The van der Waals surface area contributed by atoms with Gasteiger partial charge in [-0.05, 0) is 32.0 Å². The van der Waals surface area contributed by atoms with E-state index >= 15 is 0 Å². The van der Waals surface area contributed by atoms with E-state index in [0.29, 0.717) is 0 Å². The van der Waals surface area contributed by atoms with Gasteiger partial charge < -0.3 is 16.8 Å². The average molecular weight is 239 g/mol. The van der Waals surface area contributed by atoms with Gasteiger partial charge in [-0.15, -0.1) is 0 Å². The van der Waals surface area contributed by atoms with Gasteiger partial charge in [0.25, 0.3) is 5.91 Å². The maximum Gasteiger partial charge on any atom is 0.251 e. The SMILES string of the molecule is CC(C)(N)C(=O)Nc1ccc(F)c(C(N)=O)c1. The molecule has 2 amide bonds. The van der Waals surface area contributed by atoms with Crippen molar-refractivity contribution in [3.8, 4) is 0 Å². The summed E-state index contributed by atoms with van der Waals surface area (Å²) in [7, 11) is 0. The van der Waals surface area contributed by atoms with Crippen LogP contribution < -0.4 is 16.8 Å². The first-order chi connectivity index (χ1) is 7.71. The van der Waals surface area contributed by atoms with Crippen LogP contribution in [0.25, 0.3) is 0 Å². The maximum absolute atomic E-state index is 13.2. The van der Waals surface area contributed by atoms with Crippen LogP contribution in [0.2, 0.25) is 0 Å². The van der Waals surface area contributed by atoms with E-state index in [1.54, 1.807) is 0 Å². The molecule has 6 heteroatoms. The third-order valence-corrected chi connectivity index (χ3v) is 2.07. The summed E-state index contributed by atoms with van der Waals surface area (Å²) < 4.78 is 13.2. The number of hydrogen-bond acceptors (Lipinski definition) is 3. The van der Waals surface area contributed by atoms with E-state index in [9.17, 15) is 14.0 Å². The molecular weight excluding hydrogens is 225 g/mol. The van der Waals surface area contributed by atoms with Crippen LogP contribution in [-0.2, 0) is 4.79 Å². The summed E-state index contributed by atoms with van der Waals surface area (Å²) in [5, 5.41) is 2.47. The van der Waals surface area contributed by atoms with Crippen LogP contribution >= 0.6 is 0 Å². The quantitative estimate of drug-likeness (QED) is 0.720. The van der Waals surface area contributed by atoms with E-state index in [4.69, 9.17) is 11.5 Å². The fourth-order valence-corrected chi connectivity index (χ4v) is 1.08. The van der Waals surface area contributed by atoms with Crippen molar-refractivity contribution in [1.29, 1.82) is 0 Å². The van der Waals surface area contributed by atoms with E-state index in [2.05, 4.69) is 5.32 Å². The molecule has 0 unspecified atom stereocenters. The van der Waals surface area contributed by atoms with Crippen LogP contribution in [0.1, 0.15) is 24.2 Å². The molecule has 0 atom stereocenters. The third kappa shape index (κ3) is 3.25. The smallest absolute Gasteiger partial charge is 0.251 e. The van der Waals surface area contributed by atoms with Crippen LogP contribution in [0.4, 0.5) is 10.1 Å². The largest absolute Gasteiger partial charge is 0.366 e. The van der Waals surface area contributed by atoms with E-state index in [1.165, 1.54) is 26.0 Å². The van der Waals surface area contributed by atoms with E-state index in [0.717, 1.165) is 6.07 Å². The molecule has 1 aromatic carbocycles. The topological polar surface area (TPSA) is 98.2 Å². The first-order valence-electron chi connectivity index (χ1n) is 4.91. The molecule has 0 radical (unpaired) electrons. The Balaban J connectivity index is 2.98. The zero-order valence-electron chi connectivity index (χ0n) is 9.58. The molecule has 0 aliphatic rings. The van der Waals surface area contributed by atoms with Gasteiger partial charge in [-0.2, -0.15) is 0 Å². The highest BCUT2D eigenvalue weighted by Crippen LogP contribution is 2.15. The van der Waals surface area contributed by atoms with Crippen molar-refractivity contribution < 1.29 is 14.0 Å². The Morgan fingerprint density at radius 3 is 2.41 bits per heavy atom. The lowest BCUT2D eigenvalue weighted by atomic mass is 10.1. The summed E-state index contributed by atoms with van der Waals surface area (Å²) in [5.41, 5.74) is 9.48. The molecule has 5 nitrogen and oxygen atoms in total. The second-order valence-corrected chi connectivity index (χ2v) is 4.23. The van der Waals surface area contributed by atoms with Crippen LogP contribution in [0, 0.1) is 5.82 Å². The second-order valence-electron chi connectivity index (χ2n) is 4.23. The molecule has 92 valence electrons. The van der Waals surface area contributed by atoms with Gasteiger partial charge in [0.15, 0.2) is 0 Å². The Morgan fingerprint density at radius 2 is 1.94 bits per heavy atom. The van der Waals surface area contributed by atoms with Crippen molar-refractivity contribution in [2.45, 2.75) is 19.4 Å². The first-order valence-corrected chi connectivity index (χ1v) is 4.91. The standard InChI is InChI=1S/C11H14FN3O2/c1-11(2,14)10(17)15-6-3-4-8(12)7(5-6)9(13)16/h3-5H,14H2,1-2H3,(H2,13,16)(H,15,17). The summed E-state index contributed by atoms with van der Waals surface area (Å²) in [6, 6.07) is 3.55. The maximum atomic E-state index is 13.2. The molecule has 0 bridgehead atoms. The number of nitrogens with one attached hydrogen (secondary N) is 1. The minimum atomic E-state index is -1.07. The molecule has 0 aromatic heterocycles. The molecule has 0 fully saturated rings. The van der Waals surface area contributed by atoms with Gasteiger partial charge in [-0.1, -0.05) is 0 Å². The number of rotatable bonds is 3. The number of primary amides is 1. The molecule has 0 aliphatic carbocycles. The normalized spacial score (nSPS) is 11.1. The van der Waals surface area contributed by atoms with Crippen molar-refractivity contribution in [1.82, 2.24) is 0 Å². The third-order valence-electron chi connectivity index (χ3n) is 2.07. The molecular formula is C11H14FN3O2. The summed E-state index contributed by atoms with van der Waals surface area (Å²) in [6.07, 6.45) is 0. The Hall–Kier alpha value is -1.95. The second kappa shape index (κ2) is 4.50. The van der Waals surface area contributed by atoms with Gasteiger partial charge >= 0.3 is 0 Å². The molecule has 0 spiro atoms. The van der Waals surface area contributed by atoms with Crippen molar-refractivity contribution in [2.75, 3.05) is 5.32 Å². The number of carbonyl (C=O) groups is 2. The van der Waals surface area contributed by atoms with Crippen molar-refractivity contribution >= 4 is 17.5 Å². The summed E-state index contributed by atoms with van der Waals surface area (Å²) >= 11 is 0. The fourth-order valence-electron chi connectivity index (χ4n) is 1.08. The molecule has 5 N–H and O–H groups in total. The zero-order valence-corrected chi connectivity index (χ0v) is 9.58. The van der Waals surface area contributed by atoms with Gasteiger partial charge in [-0.3, -0.25) is 9.59 Å². The number of nitrogens with two attached hydrogens (primary N) is 2. The van der Waals surface area contributed by atoms with Gasteiger partial charge in [0, 0.05) is 5.69 Å². The highest BCUT2D eigenvalue weighted by Gasteiger charge is 2.22. The molecule has 0 saturated carbocycles. The van der Waals surface area contributed by atoms with Crippen LogP contribution in [0.5, 0.6) is 0 Å². The summed E-state index contributed by atoms with van der Waals surface area (Å²) in [6.45, 7) is 3.06. The van der Waals surface area contributed by atoms with Crippen LogP contribution in [0.15, 0.2) is 18.2 Å². The molecule has 17 heavy (non-hydrogen) atoms. The van der Waals surface area contributed by atoms with E-state index in [1.807, 2.05) is 0 Å². The number of halogens is 1. The van der Waals surface area contributed by atoms with Crippen molar-refractivity contribution in [3.63, 3.8) is 0 Å². The summed E-state index contributed by atoms with van der Waals surface area (Å²) in [5.74, 6) is -2.08. The molecule has 0 saturated heterocycles. The lowest BCUT2D eigenvalue weighted by Crippen LogP contribution is -2.45. The Morgan fingerprint density at radius 1 is 1.35 bits per heavy atom. The van der Waals surface area contributed by atoms with Crippen LogP contribution in [0.3, 0.4) is 0 Å². The number of hydrogen-bond donors (Lipinski definition) is 3. The van der Waals surface area contributed by atoms with Gasteiger partial charge in [-0.25, -0.2) is 4.39 Å². The molecule has 0 heterocycles. The van der Waals surface area contributed by atoms with Crippen LogP contribution in [-0.4, -0.2) is 17.4 Å². The Labute approximate surface area is 98.0 Å². The minimum absolute atomic E-state index is 0.267. The number of anilines is 1. The monoisotopic (exact) mass is 239 g/mol. The van der Waals surface area contributed by atoms with E-state index in [-0.39, 0.29) is 11.3 Å². The van der Waals surface area contributed by atoms with Gasteiger partial charge in [0.05, 0.1) is 11.1 Å². The van der Waals surface area contributed by atoms with Crippen molar-refractivity contribution in [3.05, 3.63) is 29.6 Å². The average Bonchev–Trinajstić information content (AvgIpc) is 2.19. The molecule has 1 aromatic rings. The Kier molecular flexibility index (Phi) is 3.47. The predicted molar refractivity (Wildman–Crippen MR) is 61.8 cm³/mol. The molecule has 0 aliphatic heterocycles. The number of amides is 2. The Bertz CT molecular complexity index is 466. The first kappa shape index (κ1) is 13.1. The van der Waals surface area contributed by atoms with Gasteiger partial charge in [0.2, 0.25) is 5.91 Å². The highest BCUT2D eigenvalue weighted by molar-refractivity contribution is 5.99. The number of carbonyl (C=O) groups excluding carboxylic acids is 2.